The van der Waals surface area contributed by atoms with Gasteiger partial charge in [-0.15, -0.1) is 24.0 Å². The standard InChI is InChI=1S/C18H25ClF3N5O.HI/c1-12-3-4-15(14(19)9-12)26-16(28)5-7-24-17(23-2)25-13-6-8-27(10-13)11-18(20,21)22;/h3-4,9,13H,5-8,10-11H2,1-2H3,(H,26,28)(H2,23,24,25);1H. The van der Waals surface area contributed by atoms with Crippen LogP contribution in [-0.4, -0.2) is 62.2 Å². The van der Waals surface area contributed by atoms with Crippen LogP contribution in [-0.2, 0) is 4.79 Å². The Bertz CT molecular complexity index is 717. The van der Waals surface area contributed by atoms with Gasteiger partial charge >= 0.3 is 6.18 Å². The summed E-state index contributed by atoms with van der Waals surface area (Å²) in [5.41, 5.74) is 1.55. The average Bonchev–Trinajstić information content (AvgIpc) is 3.01. The lowest BCUT2D eigenvalue weighted by atomic mass is 10.2. The molecule has 164 valence electrons. The molecule has 1 saturated heterocycles. The third-order valence-electron chi connectivity index (χ3n) is 4.28. The largest absolute Gasteiger partial charge is 0.401 e. The van der Waals surface area contributed by atoms with Gasteiger partial charge in [-0.25, -0.2) is 0 Å². The van der Waals surface area contributed by atoms with Gasteiger partial charge in [0.15, 0.2) is 5.96 Å². The second-order valence-corrected chi connectivity index (χ2v) is 7.17. The van der Waals surface area contributed by atoms with Gasteiger partial charge in [0, 0.05) is 39.1 Å². The lowest BCUT2D eigenvalue weighted by molar-refractivity contribution is -0.143. The maximum atomic E-state index is 12.5. The lowest BCUT2D eigenvalue weighted by Crippen LogP contribution is -2.45. The maximum Gasteiger partial charge on any atom is 0.401 e. The van der Waals surface area contributed by atoms with Crippen LogP contribution in [0.15, 0.2) is 23.2 Å². The molecule has 1 atom stereocenters. The fourth-order valence-corrected chi connectivity index (χ4v) is 3.25. The molecule has 3 N–H and O–H groups in total. The predicted octanol–water partition coefficient (Wildman–Crippen LogP) is 3.40. The summed E-state index contributed by atoms with van der Waals surface area (Å²) in [5, 5.41) is 9.32. The molecule has 1 fully saturated rings. The molecule has 1 aromatic rings. The van der Waals surface area contributed by atoms with Gasteiger partial charge in [0.1, 0.15) is 0 Å². The highest BCUT2D eigenvalue weighted by atomic mass is 127. The summed E-state index contributed by atoms with van der Waals surface area (Å²) in [6.07, 6.45) is -3.40. The first-order valence-corrected chi connectivity index (χ1v) is 9.36. The number of carbonyl (C=O) groups excluding carboxylic acids is 1. The monoisotopic (exact) mass is 547 g/mol. The Morgan fingerprint density at radius 2 is 2.10 bits per heavy atom. The number of amides is 1. The van der Waals surface area contributed by atoms with Crippen LogP contribution in [0.5, 0.6) is 0 Å². The molecule has 0 radical (unpaired) electrons. The number of benzene rings is 1. The lowest BCUT2D eigenvalue weighted by Gasteiger charge is -2.19. The van der Waals surface area contributed by atoms with E-state index >= 15 is 0 Å². The van der Waals surface area contributed by atoms with Gasteiger partial charge in [-0.05, 0) is 31.0 Å². The molecular formula is C18H26ClF3IN5O. The van der Waals surface area contributed by atoms with E-state index in [1.807, 2.05) is 13.0 Å². The van der Waals surface area contributed by atoms with Crippen LogP contribution in [0.25, 0.3) is 0 Å². The zero-order chi connectivity index (χ0) is 20.7. The van der Waals surface area contributed by atoms with Crippen LogP contribution in [0, 0.1) is 6.92 Å². The number of carbonyl (C=O) groups is 1. The van der Waals surface area contributed by atoms with Crippen molar-refractivity contribution in [3.8, 4) is 0 Å². The Morgan fingerprint density at radius 1 is 1.38 bits per heavy atom. The first-order valence-electron chi connectivity index (χ1n) is 8.98. The van der Waals surface area contributed by atoms with Crippen LogP contribution in [0.2, 0.25) is 5.02 Å². The fraction of sp³-hybridized carbons (Fsp3) is 0.556. The number of halogens is 5. The Labute approximate surface area is 190 Å². The van der Waals surface area contributed by atoms with Crippen LogP contribution >= 0.6 is 35.6 Å². The number of nitrogens with one attached hydrogen (secondary N) is 3. The zero-order valence-corrected chi connectivity index (χ0v) is 19.4. The van der Waals surface area contributed by atoms with E-state index in [4.69, 9.17) is 11.6 Å². The van der Waals surface area contributed by atoms with Crippen molar-refractivity contribution in [2.24, 2.45) is 4.99 Å². The van der Waals surface area contributed by atoms with E-state index in [1.54, 1.807) is 19.2 Å². The van der Waals surface area contributed by atoms with E-state index in [1.165, 1.54) is 4.90 Å². The van der Waals surface area contributed by atoms with E-state index in [0.29, 0.717) is 42.7 Å². The highest BCUT2D eigenvalue weighted by Crippen LogP contribution is 2.22. The summed E-state index contributed by atoms with van der Waals surface area (Å²) in [5.74, 6) is 0.256. The molecular weight excluding hydrogens is 522 g/mol. The molecule has 1 aliphatic rings. The summed E-state index contributed by atoms with van der Waals surface area (Å²) in [4.78, 5) is 17.5. The zero-order valence-electron chi connectivity index (χ0n) is 16.3. The molecule has 0 bridgehead atoms. The van der Waals surface area contributed by atoms with Gasteiger partial charge in [0.2, 0.25) is 5.91 Å². The van der Waals surface area contributed by atoms with Gasteiger partial charge < -0.3 is 16.0 Å². The Balaban J connectivity index is 0.00000420. The number of anilines is 1. The number of hydrogen-bond donors (Lipinski definition) is 3. The second-order valence-electron chi connectivity index (χ2n) is 6.76. The third-order valence-corrected chi connectivity index (χ3v) is 4.60. The Kier molecular flexibility index (Phi) is 10.5. The van der Waals surface area contributed by atoms with Crippen LogP contribution in [0.4, 0.5) is 18.9 Å². The number of alkyl halides is 3. The molecule has 29 heavy (non-hydrogen) atoms. The fourth-order valence-electron chi connectivity index (χ4n) is 2.96. The number of aliphatic imine (C=N–C) groups is 1. The molecule has 0 saturated carbocycles. The molecule has 1 aliphatic heterocycles. The Hall–Kier alpha value is -1.27. The van der Waals surface area contributed by atoms with Gasteiger partial charge in [0.25, 0.3) is 0 Å². The predicted molar refractivity (Wildman–Crippen MR) is 120 cm³/mol. The van der Waals surface area contributed by atoms with E-state index in [-0.39, 0.29) is 42.3 Å². The molecule has 0 spiro atoms. The highest BCUT2D eigenvalue weighted by molar-refractivity contribution is 14.0. The number of guanidine groups is 1. The second kappa shape index (κ2) is 11.8. The minimum Gasteiger partial charge on any atom is -0.356 e. The van der Waals surface area contributed by atoms with Gasteiger partial charge in [-0.1, -0.05) is 17.7 Å². The molecule has 11 heteroatoms. The van der Waals surface area contributed by atoms with Crippen molar-refractivity contribution in [3.63, 3.8) is 0 Å². The van der Waals surface area contributed by atoms with Crippen molar-refractivity contribution >= 4 is 53.1 Å². The van der Waals surface area contributed by atoms with E-state index in [0.717, 1.165) is 5.56 Å². The Morgan fingerprint density at radius 3 is 2.72 bits per heavy atom. The smallest absolute Gasteiger partial charge is 0.356 e. The molecule has 1 aromatic carbocycles. The van der Waals surface area contributed by atoms with Crippen LogP contribution < -0.4 is 16.0 Å². The molecule has 0 aliphatic carbocycles. The van der Waals surface area contributed by atoms with Crippen molar-refractivity contribution in [2.45, 2.75) is 32.0 Å². The summed E-state index contributed by atoms with van der Waals surface area (Å²) in [7, 11) is 1.57. The number of hydrogen-bond acceptors (Lipinski definition) is 3. The van der Waals surface area contributed by atoms with Crippen molar-refractivity contribution in [1.82, 2.24) is 15.5 Å². The van der Waals surface area contributed by atoms with E-state index < -0.39 is 12.7 Å². The summed E-state index contributed by atoms with van der Waals surface area (Å²) < 4.78 is 37.4. The molecule has 1 heterocycles. The van der Waals surface area contributed by atoms with Crippen molar-refractivity contribution in [2.75, 3.05) is 38.5 Å². The minimum absolute atomic E-state index is 0. The minimum atomic E-state index is -4.19. The van der Waals surface area contributed by atoms with Gasteiger partial charge in [0.05, 0.1) is 17.3 Å². The molecule has 2 rings (SSSR count). The number of nitrogens with zero attached hydrogens (tertiary/aromatic N) is 2. The van der Waals surface area contributed by atoms with Crippen molar-refractivity contribution in [3.05, 3.63) is 28.8 Å². The summed E-state index contributed by atoms with van der Waals surface area (Å²) >= 11 is 6.09. The molecule has 6 nitrogen and oxygen atoms in total. The van der Waals surface area contributed by atoms with Crippen LogP contribution in [0.1, 0.15) is 18.4 Å². The normalized spacial score (nSPS) is 17.6. The summed E-state index contributed by atoms with van der Waals surface area (Å²) in [6.45, 7) is 2.01. The SMILES string of the molecule is CN=C(NCCC(=O)Nc1ccc(C)cc1Cl)NC1CCN(CC(F)(F)F)C1.I. The first kappa shape index (κ1) is 25.8. The van der Waals surface area contributed by atoms with E-state index in [9.17, 15) is 18.0 Å². The maximum absolute atomic E-state index is 12.5. The van der Waals surface area contributed by atoms with Gasteiger partial charge in [-0.3, -0.25) is 14.7 Å². The van der Waals surface area contributed by atoms with Crippen LogP contribution in [0.3, 0.4) is 0 Å². The first-order chi connectivity index (χ1) is 13.2. The summed E-state index contributed by atoms with van der Waals surface area (Å²) in [6, 6.07) is 5.25. The van der Waals surface area contributed by atoms with Crippen molar-refractivity contribution in [1.29, 1.82) is 0 Å². The van der Waals surface area contributed by atoms with Gasteiger partial charge in [-0.2, -0.15) is 13.2 Å². The highest BCUT2D eigenvalue weighted by Gasteiger charge is 2.34. The topological polar surface area (TPSA) is 68.8 Å². The molecule has 0 aromatic heterocycles. The number of rotatable bonds is 6. The molecule has 1 amide bonds. The van der Waals surface area contributed by atoms with E-state index in [2.05, 4.69) is 20.9 Å². The number of aryl methyl sites for hydroxylation is 1. The third kappa shape index (κ3) is 9.39. The number of likely N-dealkylation sites (tertiary alicyclic amines) is 1. The average molecular weight is 548 g/mol. The molecule has 1 unspecified atom stereocenters. The quantitative estimate of drug-likeness (QED) is 0.290. The van der Waals surface area contributed by atoms with Crippen molar-refractivity contribution < 1.29 is 18.0 Å².